The number of carbonyl (C=O) groups is 3. The van der Waals surface area contributed by atoms with Gasteiger partial charge in [0, 0.05) is 36.2 Å². The minimum Gasteiger partial charge on any atom is -0.447 e. The van der Waals surface area contributed by atoms with Crippen LogP contribution in [0.1, 0.15) is 43.9 Å². The predicted molar refractivity (Wildman–Crippen MR) is 171 cm³/mol. The SMILES string of the molecule is C[C@H]1[C@H](C(C)(C)F)[C@@H](CC(=O)N(CCO)Cc2ccccc2)O[C@]12C(=O)N(Cc1ccc(N3CCOC3=O)cc1)c1ccccc12. The number of alkyl halides is 1. The number of aliphatic hydroxyl groups excluding tert-OH is 1. The van der Waals surface area contributed by atoms with Gasteiger partial charge in [0.15, 0.2) is 5.60 Å². The molecular weight excluding hydrogens is 589 g/mol. The van der Waals surface area contributed by atoms with Gasteiger partial charge in [-0.1, -0.05) is 67.6 Å². The molecule has 0 bridgehead atoms. The largest absolute Gasteiger partial charge is 0.447 e. The zero-order valence-electron chi connectivity index (χ0n) is 26.4. The first kappa shape index (κ1) is 31.7. The lowest BCUT2D eigenvalue weighted by Crippen LogP contribution is -2.45. The number of hydrogen-bond donors (Lipinski definition) is 1. The van der Waals surface area contributed by atoms with Crippen LogP contribution in [0.2, 0.25) is 0 Å². The standard InChI is InChI=1S/C36H40FN3O6/c1-24-32(35(2,3)37)30(21-31(42)38(17-19-41)22-25-9-5-4-6-10-25)46-36(24)28-11-7-8-12-29(28)40(33(36)43)23-26-13-15-27(16-14-26)39-18-20-45-34(39)44/h4-16,24,30,32,41H,17-23H2,1-3H3/t24-,30+,32-,36+/m0/s1. The Kier molecular flexibility index (Phi) is 8.60. The molecule has 2 fully saturated rings. The Hall–Kier alpha value is -4.28. The van der Waals surface area contributed by atoms with Gasteiger partial charge in [-0.3, -0.25) is 14.5 Å². The van der Waals surface area contributed by atoms with Crippen molar-refractivity contribution in [2.75, 3.05) is 36.1 Å². The van der Waals surface area contributed by atoms with E-state index in [2.05, 4.69) is 0 Å². The summed E-state index contributed by atoms with van der Waals surface area (Å²) in [6, 6.07) is 24.3. The minimum atomic E-state index is -1.76. The summed E-state index contributed by atoms with van der Waals surface area (Å²) < 4.78 is 27.9. The molecule has 1 spiro atoms. The number of anilines is 2. The quantitative estimate of drug-likeness (QED) is 0.331. The zero-order valence-corrected chi connectivity index (χ0v) is 26.4. The van der Waals surface area contributed by atoms with E-state index in [1.54, 1.807) is 14.7 Å². The number of hydrogen-bond acceptors (Lipinski definition) is 6. The fraction of sp³-hybridized carbons (Fsp3) is 0.417. The van der Waals surface area contributed by atoms with E-state index in [0.717, 1.165) is 11.1 Å². The molecule has 0 aliphatic carbocycles. The zero-order chi connectivity index (χ0) is 32.6. The molecule has 10 heteroatoms. The number of ether oxygens (including phenoxy) is 2. The van der Waals surface area contributed by atoms with E-state index in [9.17, 15) is 19.5 Å². The monoisotopic (exact) mass is 629 g/mol. The lowest BCUT2D eigenvalue weighted by Gasteiger charge is -2.32. The fourth-order valence-electron chi connectivity index (χ4n) is 7.47. The van der Waals surface area contributed by atoms with Crippen LogP contribution in [0.4, 0.5) is 20.6 Å². The molecule has 9 nitrogen and oxygen atoms in total. The predicted octanol–water partition coefficient (Wildman–Crippen LogP) is 5.20. The average molecular weight is 630 g/mol. The number of nitrogens with zero attached hydrogens (tertiary/aromatic N) is 3. The van der Waals surface area contributed by atoms with Gasteiger partial charge < -0.3 is 24.4 Å². The Morgan fingerprint density at radius 3 is 2.37 bits per heavy atom. The number of aliphatic hydroxyl groups is 1. The van der Waals surface area contributed by atoms with Gasteiger partial charge in [-0.2, -0.15) is 0 Å². The van der Waals surface area contributed by atoms with Crippen molar-refractivity contribution in [3.8, 4) is 0 Å². The lowest BCUT2D eigenvalue weighted by atomic mass is 9.71. The van der Waals surface area contributed by atoms with Crippen molar-refractivity contribution in [1.29, 1.82) is 0 Å². The van der Waals surface area contributed by atoms with Gasteiger partial charge in [-0.25, -0.2) is 9.18 Å². The summed E-state index contributed by atoms with van der Waals surface area (Å²) in [6.07, 6.45) is -1.40. The molecule has 3 amide bonds. The average Bonchev–Trinajstić information content (AvgIpc) is 3.67. The smallest absolute Gasteiger partial charge is 0.414 e. The van der Waals surface area contributed by atoms with Crippen molar-refractivity contribution in [2.24, 2.45) is 11.8 Å². The topological polar surface area (TPSA) is 99.6 Å². The second-order valence-corrected chi connectivity index (χ2v) is 12.8. The molecule has 3 aliphatic rings. The fourth-order valence-corrected chi connectivity index (χ4v) is 7.47. The summed E-state index contributed by atoms with van der Waals surface area (Å²) in [6.45, 7) is 6.06. The van der Waals surface area contributed by atoms with Gasteiger partial charge >= 0.3 is 6.09 Å². The van der Waals surface area contributed by atoms with Crippen molar-refractivity contribution < 1.29 is 33.4 Å². The van der Waals surface area contributed by atoms with E-state index >= 15 is 4.39 Å². The Balaban J connectivity index is 1.28. The van der Waals surface area contributed by atoms with Crippen LogP contribution in [-0.2, 0) is 37.8 Å². The van der Waals surface area contributed by atoms with Gasteiger partial charge in [0.2, 0.25) is 5.91 Å². The molecule has 4 atom stereocenters. The maximum atomic E-state index is 16.1. The third-order valence-corrected chi connectivity index (χ3v) is 9.53. The van der Waals surface area contributed by atoms with E-state index in [4.69, 9.17) is 9.47 Å². The van der Waals surface area contributed by atoms with E-state index in [0.29, 0.717) is 36.6 Å². The second kappa shape index (κ2) is 12.5. The molecule has 1 N–H and O–H groups in total. The summed E-state index contributed by atoms with van der Waals surface area (Å²) >= 11 is 0. The lowest BCUT2D eigenvalue weighted by molar-refractivity contribution is -0.150. The Bertz CT molecular complexity index is 1590. The van der Waals surface area contributed by atoms with Crippen molar-refractivity contribution in [3.63, 3.8) is 0 Å². The maximum Gasteiger partial charge on any atom is 0.414 e. The molecule has 0 saturated carbocycles. The summed E-state index contributed by atoms with van der Waals surface area (Å²) in [5.41, 5.74) is 0.571. The molecule has 0 unspecified atom stereocenters. The van der Waals surface area contributed by atoms with Crippen molar-refractivity contribution >= 4 is 29.3 Å². The highest BCUT2D eigenvalue weighted by Crippen LogP contribution is 2.58. The molecule has 0 radical (unpaired) electrons. The Morgan fingerprint density at radius 2 is 1.72 bits per heavy atom. The van der Waals surface area contributed by atoms with Crippen LogP contribution in [0.5, 0.6) is 0 Å². The van der Waals surface area contributed by atoms with Gasteiger partial charge in [0.05, 0.1) is 37.9 Å². The number of para-hydroxylation sites is 1. The highest BCUT2D eigenvalue weighted by atomic mass is 19.1. The summed E-state index contributed by atoms with van der Waals surface area (Å²) in [7, 11) is 0. The van der Waals surface area contributed by atoms with E-state index in [1.807, 2.05) is 85.8 Å². The van der Waals surface area contributed by atoms with E-state index in [1.165, 1.54) is 13.8 Å². The molecule has 2 saturated heterocycles. The number of cyclic esters (lactones) is 1. The molecule has 3 aromatic carbocycles. The molecule has 6 rings (SSSR count). The number of benzene rings is 3. The Labute approximate surface area is 268 Å². The Morgan fingerprint density at radius 1 is 1.02 bits per heavy atom. The number of amides is 3. The summed E-state index contributed by atoms with van der Waals surface area (Å²) in [5, 5.41) is 9.73. The van der Waals surface area contributed by atoms with Gasteiger partial charge in [-0.15, -0.1) is 0 Å². The molecule has 242 valence electrons. The van der Waals surface area contributed by atoms with E-state index in [-0.39, 0.29) is 44.0 Å². The normalized spacial score (nSPS) is 24.1. The van der Waals surface area contributed by atoms with Crippen LogP contribution in [0.25, 0.3) is 0 Å². The summed E-state index contributed by atoms with van der Waals surface area (Å²) in [4.78, 5) is 45.1. The first-order valence-corrected chi connectivity index (χ1v) is 15.8. The van der Waals surface area contributed by atoms with Crippen molar-refractivity contribution in [3.05, 3.63) is 95.6 Å². The minimum absolute atomic E-state index is 0.123. The second-order valence-electron chi connectivity index (χ2n) is 12.8. The third kappa shape index (κ3) is 5.64. The molecule has 3 aliphatic heterocycles. The van der Waals surface area contributed by atoms with Crippen molar-refractivity contribution in [1.82, 2.24) is 4.90 Å². The van der Waals surface area contributed by atoms with Gasteiger partial charge in [0.25, 0.3) is 5.91 Å². The molecule has 46 heavy (non-hydrogen) atoms. The highest BCUT2D eigenvalue weighted by molar-refractivity contribution is 6.07. The molecule has 0 aromatic heterocycles. The van der Waals surface area contributed by atoms with Gasteiger partial charge in [0.1, 0.15) is 12.3 Å². The van der Waals surface area contributed by atoms with Crippen LogP contribution in [0, 0.1) is 11.8 Å². The van der Waals surface area contributed by atoms with Crippen molar-refractivity contribution in [2.45, 2.75) is 57.7 Å². The molecular formula is C36H40FN3O6. The number of fused-ring (bicyclic) bond motifs is 2. The third-order valence-electron chi connectivity index (χ3n) is 9.53. The van der Waals surface area contributed by atoms with E-state index < -0.39 is 29.2 Å². The van der Waals surface area contributed by atoms with Crippen LogP contribution < -0.4 is 9.80 Å². The number of rotatable bonds is 10. The number of halogens is 1. The first-order chi connectivity index (χ1) is 22.0. The first-order valence-electron chi connectivity index (χ1n) is 15.8. The molecule has 3 heterocycles. The number of carbonyl (C=O) groups excluding carboxylic acids is 3. The van der Waals surface area contributed by atoms with Crippen LogP contribution in [0.3, 0.4) is 0 Å². The van der Waals surface area contributed by atoms with Crippen LogP contribution >= 0.6 is 0 Å². The van der Waals surface area contributed by atoms with Crippen LogP contribution in [-0.4, -0.2) is 66.0 Å². The van der Waals surface area contributed by atoms with Gasteiger partial charge in [-0.05, 0) is 43.2 Å². The highest BCUT2D eigenvalue weighted by Gasteiger charge is 2.66. The summed E-state index contributed by atoms with van der Waals surface area (Å²) in [5.74, 6) is -1.93. The molecule has 3 aromatic rings. The maximum absolute atomic E-state index is 16.1. The van der Waals surface area contributed by atoms with Crippen LogP contribution in [0.15, 0.2) is 78.9 Å².